The average Bonchev–Trinajstić information content (AvgIpc) is 2.73. The van der Waals surface area contributed by atoms with Crippen LogP contribution in [0.5, 0.6) is 11.5 Å². The summed E-state index contributed by atoms with van der Waals surface area (Å²) in [4.78, 5) is 25.2. The van der Waals surface area contributed by atoms with Gasteiger partial charge in [0.1, 0.15) is 11.5 Å². The Hall–Kier alpha value is -3.06. The van der Waals surface area contributed by atoms with Gasteiger partial charge in [-0.2, -0.15) is 0 Å². The highest BCUT2D eigenvalue weighted by atomic mass is 16.5. The molecule has 0 aliphatic carbocycles. The van der Waals surface area contributed by atoms with Gasteiger partial charge in [0.15, 0.2) is 0 Å². The SMILES string of the molecule is CCOCCCNC(=O)c1ccccc1NC(=O)c1cc(OC)cc(OC)c1. The first-order chi connectivity index (χ1) is 13.6. The average molecular weight is 386 g/mol. The van der Waals surface area contributed by atoms with Gasteiger partial charge < -0.3 is 24.8 Å². The Labute approximate surface area is 165 Å². The summed E-state index contributed by atoms with van der Waals surface area (Å²) in [5, 5.41) is 5.62. The minimum absolute atomic E-state index is 0.254. The number of hydrogen-bond donors (Lipinski definition) is 2. The topological polar surface area (TPSA) is 85.9 Å². The number of nitrogens with one attached hydrogen (secondary N) is 2. The highest BCUT2D eigenvalue weighted by Gasteiger charge is 2.15. The molecule has 2 amide bonds. The Morgan fingerprint density at radius 3 is 2.29 bits per heavy atom. The first-order valence-corrected chi connectivity index (χ1v) is 9.08. The number of carbonyl (C=O) groups excluding carboxylic acids is 2. The third-order valence-corrected chi connectivity index (χ3v) is 3.99. The summed E-state index contributed by atoms with van der Waals surface area (Å²) in [5.41, 5.74) is 1.18. The van der Waals surface area contributed by atoms with Crippen LogP contribution in [-0.2, 0) is 4.74 Å². The smallest absolute Gasteiger partial charge is 0.255 e. The van der Waals surface area contributed by atoms with Crippen LogP contribution in [0.15, 0.2) is 42.5 Å². The van der Waals surface area contributed by atoms with Gasteiger partial charge in [-0.15, -0.1) is 0 Å². The Morgan fingerprint density at radius 1 is 0.964 bits per heavy atom. The number of amides is 2. The van der Waals surface area contributed by atoms with Crippen molar-refractivity contribution in [3.63, 3.8) is 0 Å². The van der Waals surface area contributed by atoms with Crippen LogP contribution in [-0.4, -0.2) is 45.8 Å². The molecule has 0 heterocycles. The normalized spacial score (nSPS) is 10.2. The number of benzene rings is 2. The van der Waals surface area contributed by atoms with Gasteiger partial charge in [0.25, 0.3) is 11.8 Å². The number of para-hydroxylation sites is 1. The van der Waals surface area contributed by atoms with Crippen LogP contribution in [0.25, 0.3) is 0 Å². The van der Waals surface area contributed by atoms with Crippen molar-refractivity contribution in [2.24, 2.45) is 0 Å². The van der Waals surface area contributed by atoms with Gasteiger partial charge in [-0.25, -0.2) is 0 Å². The zero-order valence-corrected chi connectivity index (χ0v) is 16.4. The Kier molecular flexibility index (Phi) is 8.30. The van der Waals surface area contributed by atoms with Crippen molar-refractivity contribution in [1.82, 2.24) is 5.32 Å². The fourth-order valence-corrected chi connectivity index (χ4v) is 2.54. The quantitative estimate of drug-likeness (QED) is 0.613. The third kappa shape index (κ3) is 5.99. The molecule has 0 saturated heterocycles. The minimum atomic E-state index is -0.367. The first-order valence-electron chi connectivity index (χ1n) is 9.08. The van der Waals surface area contributed by atoms with Gasteiger partial charge in [-0.1, -0.05) is 12.1 Å². The molecule has 0 aliphatic heterocycles. The van der Waals surface area contributed by atoms with Crippen LogP contribution in [0.1, 0.15) is 34.1 Å². The molecular formula is C21H26N2O5. The molecular weight excluding hydrogens is 360 g/mol. The van der Waals surface area contributed by atoms with Gasteiger partial charge >= 0.3 is 0 Å². The predicted molar refractivity (Wildman–Crippen MR) is 107 cm³/mol. The molecule has 150 valence electrons. The van der Waals surface area contributed by atoms with Gasteiger partial charge in [0, 0.05) is 31.4 Å². The van der Waals surface area contributed by atoms with E-state index < -0.39 is 0 Å². The molecule has 0 bridgehead atoms. The lowest BCUT2D eigenvalue weighted by Gasteiger charge is -2.13. The van der Waals surface area contributed by atoms with E-state index >= 15 is 0 Å². The van der Waals surface area contributed by atoms with Crippen LogP contribution >= 0.6 is 0 Å². The molecule has 0 atom stereocenters. The van der Waals surface area contributed by atoms with Crippen LogP contribution in [0, 0.1) is 0 Å². The summed E-state index contributed by atoms with van der Waals surface area (Å²) in [5.74, 6) is 0.388. The third-order valence-electron chi connectivity index (χ3n) is 3.99. The number of anilines is 1. The maximum absolute atomic E-state index is 12.7. The second kappa shape index (κ2) is 10.9. The zero-order valence-electron chi connectivity index (χ0n) is 16.4. The molecule has 7 heteroatoms. The summed E-state index contributed by atoms with van der Waals surface area (Å²) in [7, 11) is 3.03. The van der Waals surface area contributed by atoms with E-state index in [-0.39, 0.29) is 11.8 Å². The Balaban J connectivity index is 2.10. The van der Waals surface area contributed by atoms with Crippen molar-refractivity contribution in [1.29, 1.82) is 0 Å². The van der Waals surface area contributed by atoms with E-state index in [2.05, 4.69) is 10.6 Å². The number of methoxy groups -OCH3 is 2. The van der Waals surface area contributed by atoms with Crippen LogP contribution in [0.3, 0.4) is 0 Å². The molecule has 0 saturated carbocycles. The minimum Gasteiger partial charge on any atom is -0.497 e. The molecule has 0 aliphatic rings. The van der Waals surface area contributed by atoms with Crippen LogP contribution in [0.4, 0.5) is 5.69 Å². The standard InChI is InChI=1S/C21H26N2O5/c1-4-28-11-7-10-22-21(25)18-8-5-6-9-19(18)23-20(24)15-12-16(26-2)14-17(13-15)27-3/h5-6,8-9,12-14H,4,7,10-11H2,1-3H3,(H,22,25)(H,23,24). The molecule has 28 heavy (non-hydrogen) atoms. The van der Waals surface area contributed by atoms with E-state index in [1.165, 1.54) is 14.2 Å². The van der Waals surface area contributed by atoms with Crippen molar-refractivity contribution < 1.29 is 23.8 Å². The molecule has 7 nitrogen and oxygen atoms in total. The monoisotopic (exact) mass is 386 g/mol. The highest BCUT2D eigenvalue weighted by molar-refractivity contribution is 6.09. The lowest BCUT2D eigenvalue weighted by atomic mass is 10.1. The summed E-state index contributed by atoms with van der Waals surface area (Å²) < 4.78 is 15.7. The lowest BCUT2D eigenvalue weighted by Crippen LogP contribution is -2.26. The second-order valence-corrected chi connectivity index (χ2v) is 5.91. The van der Waals surface area contributed by atoms with Gasteiger partial charge in [0.05, 0.1) is 25.5 Å². The molecule has 0 fully saturated rings. The van der Waals surface area contributed by atoms with Crippen molar-refractivity contribution in [3.05, 3.63) is 53.6 Å². The van der Waals surface area contributed by atoms with E-state index in [1.807, 2.05) is 6.92 Å². The van der Waals surface area contributed by atoms with Crippen molar-refractivity contribution in [2.75, 3.05) is 39.3 Å². The lowest BCUT2D eigenvalue weighted by molar-refractivity contribution is 0.0945. The molecule has 2 rings (SSSR count). The van der Waals surface area contributed by atoms with Crippen molar-refractivity contribution in [3.8, 4) is 11.5 Å². The highest BCUT2D eigenvalue weighted by Crippen LogP contribution is 2.24. The van der Waals surface area contributed by atoms with Gasteiger partial charge in [0.2, 0.25) is 0 Å². The van der Waals surface area contributed by atoms with E-state index in [1.54, 1.807) is 42.5 Å². The van der Waals surface area contributed by atoms with E-state index in [0.717, 1.165) is 6.42 Å². The molecule has 0 spiro atoms. The van der Waals surface area contributed by atoms with Crippen LogP contribution < -0.4 is 20.1 Å². The Morgan fingerprint density at radius 2 is 1.64 bits per heavy atom. The van der Waals surface area contributed by atoms with Crippen molar-refractivity contribution >= 4 is 17.5 Å². The van der Waals surface area contributed by atoms with Crippen molar-refractivity contribution in [2.45, 2.75) is 13.3 Å². The summed E-state index contributed by atoms with van der Waals surface area (Å²) in [6.45, 7) is 3.66. The zero-order chi connectivity index (χ0) is 20.4. The predicted octanol–water partition coefficient (Wildman–Crippen LogP) is 3.11. The first kappa shape index (κ1) is 21.2. The fourth-order valence-electron chi connectivity index (χ4n) is 2.54. The number of ether oxygens (including phenoxy) is 3. The number of hydrogen-bond acceptors (Lipinski definition) is 5. The summed E-state index contributed by atoms with van der Waals surface area (Å²) in [6.07, 6.45) is 0.720. The largest absolute Gasteiger partial charge is 0.497 e. The van der Waals surface area contributed by atoms with Crippen LogP contribution in [0.2, 0.25) is 0 Å². The van der Waals surface area contributed by atoms with Gasteiger partial charge in [-0.3, -0.25) is 9.59 Å². The summed E-state index contributed by atoms with van der Waals surface area (Å²) in [6, 6.07) is 11.8. The fraction of sp³-hybridized carbons (Fsp3) is 0.333. The maximum Gasteiger partial charge on any atom is 0.255 e. The second-order valence-electron chi connectivity index (χ2n) is 5.91. The molecule has 0 unspecified atom stereocenters. The van der Waals surface area contributed by atoms with E-state index in [9.17, 15) is 9.59 Å². The maximum atomic E-state index is 12.7. The molecule has 2 N–H and O–H groups in total. The molecule has 2 aromatic carbocycles. The van der Waals surface area contributed by atoms with Gasteiger partial charge in [-0.05, 0) is 37.6 Å². The number of rotatable bonds is 10. The Bertz CT molecular complexity index is 785. The number of carbonyl (C=O) groups is 2. The molecule has 0 radical (unpaired) electrons. The summed E-state index contributed by atoms with van der Waals surface area (Å²) >= 11 is 0. The van der Waals surface area contributed by atoms with E-state index in [0.29, 0.717) is 48.1 Å². The molecule has 0 aromatic heterocycles. The molecule has 2 aromatic rings. The van der Waals surface area contributed by atoms with E-state index in [4.69, 9.17) is 14.2 Å².